The number of rotatable bonds is 8. The Labute approximate surface area is 504 Å². The number of pyridine rings is 1. The van der Waals surface area contributed by atoms with Crippen LogP contribution in [0.1, 0.15) is 144 Å². The molecule has 0 fully saturated rings. The van der Waals surface area contributed by atoms with Gasteiger partial charge in [0.1, 0.15) is 5.82 Å². The van der Waals surface area contributed by atoms with Crippen molar-refractivity contribution in [3.63, 3.8) is 0 Å². The van der Waals surface area contributed by atoms with E-state index in [0.29, 0.717) is 84.0 Å². The SMILES string of the molecule is [2H]c1c([2H])c2c(c([2H])c1-c1cc(C(C)(C)C)cc(-c3c([2H])c(-c4ccccc4)c([2H])c(C(C)(C)C)c3[2H])c1N1[CH-]N(c3[c-]c(Oc4[c-]c5c(cc4)c4c([2H])c([2H])c([2H])c([2H])c4n5-c4cc(C(C)(C)C)ccn4)ccc3)c3ccccc31)C(C)(C)CCC2(C)C.[Pt]. The maximum absolute atomic E-state index is 10.5. The first-order chi connectivity index (χ1) is 41.7. The predicted octanol–water partition coefficient (Wildman–Crippen LogP) is 20.2. The zero-order chi connectivity index (χ0) is 64.1. The molecule has 0 bridgehead atoms. The van der Waals surface area contributed by atoms with Gasteiger partial charge in [0.05, 0.1) is 13.7 Å². The van der Waals surface area contributed by atoms with Crippen molar-refractivity contribution in [3.8, 4) is 50.7 Å². The topological polar surface area (TPSA) is 33.5 Å². The molecule has 408 valence electrons. The molecule has 0 unspecified atom stereocenters. The third-order valence-corrected chi connectivity index (χ3v) is 15.8. The van der Waals surface area contributed by atoms with Crippen LogP contribution in [-0.4, -0.2) is 9.55 Å². The molecular formula is C74H73N4OPt-3. The van der Waals surface area contributed by atoms with Crippen LogP contribution < -0.4 is 14.5 Å². The van der Waals surface area contributed by atoms with Crippen LogP contribution in [0.2, 0.25) is 0 Å². The number of nitrogens with zero attached hydrogens (tertiary/aromatic N) is 4. The number of anilines is 4. The summed E-state index contributed by atoms with van der Waals surface area (Å²) < 4.78 is 105. The Balaban J connectivity index is 0.00000833. The van der Waals surface area contributed by atoms with Gasteiger partial charge in [-0.05, 0) is 144 Å². The van der Waals surface area contributed by atoms with Crippen molar-refractivity contribution >= 4 is 44.6 Å². The van der Waals surface area contributed by atoms with E-state index in [9.17, 15) is 8.22 Å². The zero-order valence-electron chi connectivity index (χ0n) is 58.0. The molecular weight excluding hydrogens is 1160 g/mol. The Kier molecular flexibility index (Phi) is 11.0. The van der Waals surface area contributed by atoms with Gasteiger partial charge in [-0.15, -0.1) is 48.1 Å². The first-order valence-electron chi connectivity index (χ1n) is 32.4. The van der Waals surface area contributed by atoms with Gasteiger partial charge >= 0.3 is 0 Å². The third kappa shape index (κ3) is 9.99. The molecule has 0 saturated heterocycles. The molecule has 0 spiro atoms. The molecule has 0 radical (unpaired) electrons. The van der Waals surface area contributed by atoms with Crippen molar-refractivity contribution in [2.75, 3.05) is 9.80 Å². The van der Waals surface area contributed by atoms with Crippen molar-refractivity contribution in [1.29, 1.82) is 0 Å². The number of para-hydroxylation sites is 3. The standard InChI is InChI=1S/C74H73N4O.Pt/c1-70(2,3)52-34-37-75-68(44-52)78-64-27-18-17-26-58(64)59-32-31-57(46-67(59)78)79-56-25-21-24-55(45-56)76-47-77(66-29-20-19-28-65(66)76)69-60(49-30-33-62-63(41-49)74(12,13)36-35-73(62,10)11)42-54(72(7,8)9)43-61(69)51-38-50(48-22-15-14-16-23-48)39-53(40-51)71(4,5)6;/h14-34,37-44,47H,35-36H2,1-13H3;/q-3;/i17D,18D,26D,27D,30D,33D,38D,39D,40D,41D;. The van der Waals surface area contributed by atoms with Gasteiger partial charge in [-0.2, -0.15) is 12.1 Å². The van der Waals surface area contributed by atoms with Gasteiger partial charge in [0.25, 0.3) is 0 Å². The molecule has 5 nitrogen and oxygen atoms in total. The Morgan fingerprint density at radius 2 is 1.19 bits per heavy atom. The molecule has 80 heavy (non-hydrogen) atoms. The molecule has 1 aliphatic carbocycles. The molecule has 2 aliphatic rings. The maximum atomic E-state index is 10.5. The summed E-state index contributed by atoms with van der Waals surface area (Å²) in [6.45, 7) is 29.0. The minimum absolute atomic E-state index is 0. The quantitative estimate of drug-likeness (QED) is 0.142. The number of aromatic nitrogens is 2. The number of ether oxygens (including phenoxy) is 1. The molecule has 1 aliphatic heterocycles. The summed E-state index contributed by atoms with van der Waals surface area (Å²) in [6, 6.07) is 40.6. The van der Waals surface area contributed by atoms with Crippen LogP contribution in [0.15, 0.2) is 176 Å². The van der Waals surface area contributed by atoms with Gasteiger partial charge in [-0.1, -0.05) is 186 Å². The molecule has 0 saturated carbocycles. The Morgan fingerprint density at radius 3 is 1.90 bits per heavy atom. The Morgan fingerprint density at radius 1 is 0.550 bits per heavy atom. The van der Waals surface area contributed by atoms with Crippen LogP contribution in [0.5, 0.6) is 11.5 Å². The summed E-state index contributed by atoms with van der Waals surface area (Å²) in [5.74, 6) is 1.09. The summed E-state index contributed by atoms with van der Waals surface area (Å²) in [6.07, 6.45) is 3.28. The van der Waals surface area contributed by atoms with E-state index in [1.54, 1.807) is 29.0 Å². The first kappa shape index (κ1) is 43.6. The summed E-state index contributed by atoms with van der Waals surface area (Å²) >= 11 is 0. The minimum Gasteiger partial charge on any atom is -0.509 e. The van der Waals surface area contributed by atoms with Gasteiger partial charge < -0.3 is 19.1 Å². The molecule has 0 atom stereocenters. The fourth-order valence-corrected chi connectivity index (χ4v) is 11.0. The molecule has 12 rings (SSSR count). The van der Waals surface area contributed by atoms with Crippen molar-refractivity contribution in [3.05, 3.63) is 222 Å². The molecule has 0 amide bonds. The van der Waals surface area contributed by atoms with Gasteiger partial charge in [0.15, 0.2) is 0 Å². The first-order valence-corrected chi connectivity index (χ1v) is 27.4. The number of benzene rings is 8. The number of hydrogen-bond donors (Lipinski definition) is 0. The van der Waals surface area contributed by atoms with E-state index in [-0.39, 0.29) is 98.0 Å². The molecule has 3 heterocycles. The van der Waals surface area contributed by atoms with Gasteiger partial charge in [-0.3, -0.25) is 0 Å². The molecule has 0 N–H and O–H groups in total. The molecule has 8 aromatic carbocycles. The molecule has 6 heteroatoms. The van der Waals surface area contributed by atoms with E-state index >= 15 is 0 Å². The van der Waals surface area contributed by atoms with Crippen molar-refractivity contribution in [2.24, 2.45) is 0 Å². The predicted molar refractivity (Wildman–Crippen MR) is 332 cm³/mol. The third-order valence-electron chi connectivity index (χ3n) is 15.8. The normalized spacial score (nSPS) is 16.7. The van der Waals surface area contributed by atoms with E-state index in [2.05, 4.69) is 81.4 Å². The fraction of sp³-hybridized carbons (Fsp3) is 0.270. The molecule has 10 aromatic rings. The Hall–Kier alpha value is -7.20. The monoisotopic (exact) mass is 1240 g/mol. The van der Waals surface area contributed by atoms with Crippen LogP contribution in [0.3, 0.4) is 0 Å². The van der Waals surface area contributed by atoms with Crippen molar-refractivity contribution in [1.82, 2.24) is 9.55 Å². The van der Waals surface area contributed by atoms with Crippen molar-refractivity contribution < 1.29 is 39.5 Å². The summed E-state index contributed by atoms with van der Waals surface area (Å²) in [5, 5.41) is 0.888. The van der Waals surface area contributed by atoms with Crippen molar-refractivity contribution in [2.45, 2.75) is 130 Å². The van der Waals surface area contributed by atoms with E-state index in [0.717, 1.165) is 40.8 Å². The second kappa shape index (κ2) is 20.1. The zero-order valence-corrected chi connectivity index (χ0v) is 50.2. The van der Waals surface area contributed by atoms with Crippen LogP contribution in [0.25, 0.3) is 61.0 Å². The minimum atomic E-state index is -0.719. The summed E-state index contributed by atoms with van der Waals surface area (Å²) in [7, 11) is 0. The Bertz CT molecular complexity index is 4590. The summed E-state index contributed by atoms with van der Waals surface area (Å²) in [4.78, 5) is 8.76. The largest absolute Gasteiger partial charge is 0.509 e. The number of fused-ring (bicyclic) bond motifs is 5. The second-order valence-corrected chi connectivity index (χ2v) is 25.7. The second-order valence-electron chi connectivity index (χ2n) is 25.7. The van der Waals surface area contributed by atoms with Gasteiger partial charge in [0, 0.05) is 72.5 Å². The van der Waals surface area contributed by atoms with Gasteiger partial charge in [-0.25, -0.2) is 4.98 Å². The smallest absolute Gasteiger partial charge is 0.135 e. The van der Waals surface area contributed by atoms with Gasteiger partial charge in [0.2, 0.25) is 0 Å². The van der Waals surface area contributed by atoms with E-state index in [1.807, 2.05) is 128 Å². The number of hydrogen-bond acceptors (Lipinski definition) is 4. The average Bonchev–Trinajstić information content (AvgIpc) is 1.17. The molecule has 2 aromatic heterocycles. The van der Waals surface area contributed by atoms with Crippen LogP contribution >= 0.6 is 0 Å². The van der Waals surface area contributed by atoms with E-state index < -0.39 is 21.7 Å². The van der Waals surface area contributed by atoms with Crippen LogP contribution in [0.4, 0.5) is 22.7 Å². The average molecular weight is 1240 g/mol. The maximum Gasteiger partial charge on any atom is 0.135 e. The van der Waals surface area contributed by atoms with Crippen LogP contribution in [-0.2, 0) is 48.1 Å². The fourth-order valence-electron chi connectivity index (χ4n) is 11.0. The summed E-state index contributed by atoms with van der Waals surface area (Å²) in [5.41, 5.74) is 7.12. The van der Waals surface area contributed by atoms with E-state index in [1.165, 1.54) is 0 Å². The van der Waals surface area contributed by atoms with E-state index in [4.69, 9.17) is 15.2 Å². The van der Waals surface area contributed by atoms with Crippen LogP contribution in [0, 0.1) is 18.8 Å².